The third kappa shape index (κ3) is 3.54. The van der Waals surface area contributed by atoms with Crippen LogP contribution in [0.1, 0.15) is 20.8 Å². The molecular formula is C13H22N4O2. The summed E-state index contributed by atoms with van der Waals surface area (Å²) in [4.78, 5) is 10.9. The van der Waals surface area contributed by atoms with Crippen molar-refractivity contribution in [3.63, 3.8) is 0 Å². The second-order valence-electron chi connectivity index (χ2n) is 5.36. The number of hydrogen-bond acceptors (Lipinski definition) is 6. The number of anilines is 2. The summed E-state index contributed by atoms with van der Waals surface area (Å²) in [7, 11) is 0. The van der Waals surface area contributed by atoms with Gasteiger partial charge >= 0.3 is 0 Å². The molecule has 0 spiro atoms. The highest BCUT2D eigenvalue weighted by atomic mass is 16.5. The quantitative estimate of drug-likeness (QED) is 0.843. The van der Waals surface area contributed by atoms with E-state index < -0.39 is 0 Å². The minimum atomic E-state index is -0.304. The van der Waals surface area contributed by atoms with Gasteiger partial charge in [-0.2, -0.15) is 0 Å². The van der Waals surface area contributed by atoms with Crippen LogP contribution >= 0.6 is 0 Å². The topological polar surface area (TPSA) is 70.5 Å². The third-order valence-corrected chi connectivity index (χ3v) is 2.99. The molecule has 6 heteroatoms. The van der Waals surface area contributed by atoms with Crippen molar-refractivity contribution in [1.82, 2.24) is 9.97 Å². The second-order valence-corrected chi connectivity index (χ2v) is 5.36. The molecule has 2 N–H and O–H groups in total. The first-order valence-corrected chi connectivity index (χ1v) is 6.63. The van der Waals surface area contributed by atoms with Gasteiger partial charge in [0.1, 0.15) is 11.6 Å². The predicted molar refractivity (Wildman–Crippen MR) is 74.4 cm³/mol. The van der Waals surface area contributed by atoms with E-state index in [1.807, 2.05) is 20.8 Å². The summed E-state index contributed by atoms with van der Waals surface area (Å²) in [5.41, 5.74) is -0.304. The highest BCUT2D eigenvalue weighted by Gasteiger charge is 2.33. The van der Waals surface area contributed by atoms with Gasteiger partial charge in [0, 0.05) is 19.6 Å². The standard InChI is InChI=1S/C13H22N4O2/c1-4-15-11-5-14-6-12(16-11)17-7-10(8-18)19-13(2,3)9-17/h5-6,10,18H,4,7-9H2,1-3H3,(H,15,16). The minimum absolute atomic E-state index is 0.0141. The molecule has 0 aliphatic carbocycles. The number of aliphatic hydroxyl groups is 1. The Kier molecular flexibility index (Phi) is 4.21. The van der Waals surface area contributed by atoms with E-state index in [0.717, 1.165) is 24.7 Å². The Hall–Kier alpha value is -1.40. The van der Waals surface area contributed by atoms with Crippen molar-refractivity contribution < 1.29 is 9.84 Å². The van der Waals surface area contributed by atoms with Gasteiger partial charge in [-0.15, -0.1) is 0 Å². The fourth-order valence-corrected chi connectivity index (χ4v) is 2.34. The number of hydrogen-bond donors (Lipinski definition) is 2. The molecule has 0 saturated carbocycles. The van der Waals surface area contributed by atoms with Crippen molar-refractivity contribution >= 4 is 11.6 Å². The lowest BCUT2D eigenvalue weighted by atomic mass is 10.1. The first kappa shape index (κ1) is 14.0. The zero-order valence-corrected chi connectivity index (χ0v) is 11.8. The predicted octanol–water partition coefficient (Wildman–Crippen LogP) is 0.884. The van der Waals surface area contributed by atoms with E-state index in [9.17, 15) is 5.11 Å². The maximum absolute atomic E-state index is 9.33. The molecular weight excluding hydrogens is 244 g/mol. The van der Waals surface area contributed by atoms with E-state index >= 15 is 0 Å². The molecule has 1 saturated heterocycles. The van der Waals surface area contributed by atoms with Crippen molar-refractivity contribution in [3.05, 3.63) is 12.4 Å². The molecule has 19 heavy (non-hydrogen) atoms. The van der Waals surface area contributed by atoms with Crippen LogP contribution in [-0.4, -0.2) is 53.0 Å². The fraction of sp³-hybridized carbons (Fsp3) is 0.692. The average molecular weight is 266 g/mol. The SMILES string of the molecule is CCNc1cncc(N2CC(CO)OC(C)(C)C2)n1. The molecule has 0 radical (unpaired) electrons. The Morgan fingerprint density at radius 2 is 2.32 bits per heavy atom. The van der Waals surface area contributed by atoms with Gasteiger partial charge in [-0.1, -0.05) is 0 Å². The Morgan fingerprint density at radius 1 is 1.53 bits per heavy atom. The first-order valence-electron chi connectivity index (χ1n) is 6.63. The number of rotatable bonds is 4. The number of aromatic nitrogens is 2. The summed E-state index contributed by atoms with van der Waals surface area (Å²) < 4.78 is 5.80. The van der Waals surface area contributed by atoms with Crippen molar-refractivity contribution in [2.24, 2.45) is 0 Å². The number of ether oxygens (including phenoxy) is 1. The molecule has 2 heterocycles. The zero-order valence-electron chi connectivity index (χ0n) is 11.8. The lowest BCUT2D eigenvalue weighted by Crippen LogP contribution is -2.54. The molecule has 1 fully saturated rings. The van der Waals surface area contributed by atoms with Gasteiger partial charge in [-0.25, -0.2) is 4.98 Å². The van der Waals surface area contributed by atoms with Crippen LogP contribution in [0.25, 0.3) is 0 Å². The van der Waals surface area contributed by atoms with E-state index in [-0.39, 0.29) is 18.3 Å². The Balaban J connectivity index is 2.17. The molecule has 1 aromatic heterocycles. The van der Waals surface area contributed by atoms with Crippen LogP contribution in [0.2, 0.25) is 0 Å². The third-order valence-electron chi connectivity index (χ3n) is 2.99. The number of nitrogens with zero attached hydrogens (tertiary/aromatic N) is 3. The molecule has 106 valence electrons. The van der Waals surface area contributed by atoms with Gasteiger partial charge < -0.3 is 20.1 Å². The summed E-state index contributed by atoms with van der Waals surface area (Å²) in [5, 5.41) is 12.5. The van der Waals surface area contributed by atoms with Crippen LogP contribution in [0.3, 0.4) is 0 Å². The second kappa shape index (κ2) is 5.71. The zero-order chi connectivity index (χ0) is 13.9. The molecule has 1 aliphatic rings. The van der Waals surface area contributed by atoms with Gasteiger partial charge in [0.25, 0.3) is 0 Å². The average Bonchev–Trinajstić information content (AvgIpc) is 2.37. The largest absolute Gasteiger partial charge is 0.394 e. The maximum Gasteiger partial charge on any atom is 0.149 e. The van der Waals surface area contributed by atoms with E-state index in [1.165, 1.54) is 0 Å². The molecule has 1 atom stereocenters. The van der Waals surface area contributed by atoms with Crippen molar-refractivity contribution in [2.45, 2.75) is 32.5 Å². The molecule has 0 amide bonds. The van der Waals surface area contributed by atoms with Crippen LogP contribution in [-0.2, 0) is 4.74 Å². The van der Waals surface area contributed by atoms with Crippen LogP contribution in [0.5, 0.6) is 0 Å². The van der Waals surface area contributed by atoms with E-state index in [0.29, 0.717) is 6.54 Å². The number of aliphatic hydroxyl groups excluding tert-OH is 1. The monoisotopic (exact) mass is 266 g/mol. The molecule has 1 aliphatic heterocycles. The highest BCUT2D eigenvalue weighted by molar-refractivity contribution is 5.44. The molecule has 1 aromatic rings. The summed E-state index contributed by atoms with van der Waals surface area (Å²) in [6.07, 6.45) is 3.27. The molecule has 2 rings (SSSR count). The first-order chi connectivity index (χ1) is 9.04. The van der Waals surface area contributed by atoms with Gasteiger partial charge in [-0.05, 0) is 20.8 Å². The lowest BCUT2D eigenvalue weighted by molar-refractivity contribution is -0.101. The number of morpholine rings is 1. The Morgan fingerprint density at radius 3 is 3.00 bits per heavy atom. The van der Waals surface area contributed by atoms with E-state index in [4.69, 9.17) is 4.74 Å². The minimum Gasteiger partial charge on any atom is -0.394 e. The van der Waals surface area contributed by atoms with Crippen LogP contribution in [0.4, 0.5) is 11.6 Å². The van der Waals surface area contributed by atoms with Gasteiger partial charge in [0.15, 0.2) is 0 Å². The van der Waals surface area contributed by atoms with E-state index in [2.05, 4.69) is 20.2 Å². The Labute approximate surface area is 113 Å². The van der Waals surface area contributed by atoms with Gasteiger partial charge in [-0.3, -0.25) is 4.98 Å². The van der Waals surface area contributed by atoms with Gasteiger partial charge in [0.05, 0.1) is 30.7 Å². The molecule has 0 bridgehead atoms. The maximum atomic E-state index is 9.33. The van der Waals surface area contributed by atoms with Crippen molar-refractivity contribution in [1.29, 1.82) is 0 Å². The summed E-state index contributed by atoms with van der Waals surface area (Å²) in [6, 6.07) is 0. The highest BCUT2D eigenvalue weighted by Crippen LogP contribution is 2.24. The van der Waals surface area contributed by atoms with E-state index in [1.54, 1.807) is 12.4 Å². The van der Waals surface area contributed by atoms with Crippen molar-refractivity contribution in [2.75, 3.05) is 36.5 Å². The molecule has 6 nitrogen and oxygen atoms in total. The smallest absolute Gasteiger partial charge is 0.149 e. The van der Waals surface area contributed by atoms with Crippen LogP contribution in [0, 0.1) is 0 Å². The molecule has 0 aromatic carbocycles. The summed E-state index contributed by atoms with van der Waals surface area (Å²) >= 11 is 0. The van der Waals surface area contributed by atoms with Crippen LogP contribution < -0.4 is 10.2 Å². The number of nitrogens with one attached hydrogen (secondary N) is 1. The van der Waals surface area contributed by atoms with Gasteiger partial charge in [0.2, 0.25) is 0 Å². The molecule has 1 unspecified atom stereocenters. The van der Waals surface area contributed by atoms with Crippen molar-refractivity contribution in [3.8, 4) is 0 Å². The summed E-state index contributed by atoms with van der Waals surface area (Å²) in [6.45, 7) is 8.24. The normalized spacial score (nSPS) is 22.3. The summed E-state index contributed by atoms with van der Waals surface area (Å²) in [5.74, 6) is 1.58. The Bertz CT molecular complexity index is 425. The van der Waals surface area contributed by atoms with Crippen LogP contribution in [0.15, 0.2) is 12.4 Å². The fourth-order valence-electron chi connectivity index (χ4n) is 2.34. The lowest BCUT2D eigenvalue weighted by Gasteiger charge is -2.42.